The van der Waals surface area contributed by atoms with Crippen molar-refractivity contribution in [3.8, 4) is 0 Å². The van der Waals surface area contributed by atoms with E-state index < -0.39 is 6.10 Å². The molecule has 0 rings (SSSR count). The van der Waals surface area contributed by atoms with Crippen LogP contribution in [-0.2, 0) is 28.6 Å². The zero-order valence-electron chi connectivity index (χ0n) is 48.8. The van der Waals surface area contributed by atoms with Crippen LogP contribution in [0.25, 0.3) is 0 Å². The summed E-state index contributed by atoms with van der Waals surface area (Å²) in [6, 6.07) is 0. The second-order valence-electron chi connectivity index (χ2n) is 20.9. The van der Waals surface area contributed by atoms with E-state index >= 15 is 0 Å². The lowest BCUT2D eigenvalue weighted by Crippen LogP contribution is -2.30. The lowest BCUT2D eigenvalue weighted by atomic mass is 10.0. The molecule has 0 aliphatic carbocycles. The lowest BCUT2D eigenvalue weighted by molar-refractivity contribution is -0.167. The molecular formula is C68H118O6. The van der Waals surface area contributed by atoms with E-state index in [4.69, 9.17) is 14.2 Å². The molecule has 1 atom stereocenters. The van der Waals surface area contributed by atoms with Crippen LogP contribution in [0.15, 0.2) is 85.1 Å². The predicted octanol–water partition coefficient (Wildman–Crippen LogP) is 21.5. The molecule has 0 aliphatic heterocycles. The number of allylic oxidation sites excluding steroid dienone is 14. The maximum absolute atomic E-state index is 12.8. The highest BCUT2D eigenvalue weighted by molar-refractivity contribution is 5.71. The maximum atomic E-state index is 12.8. The topological polar surface area (TPSA) is 78.9 Å². The molecule has 426 valence electrons. The van der Waals surface area contributed by atoms with Crippen LogP contribution in [0.3, 0.4) is 0 Å². The third-order valence-electron chi connectivity index (χ3n) is 13.6. The molecule has 6 heteroatoms. The number of carbonyl (C=O) groups is 3. The molecule has 0 N–H and O–H groups in total. The first-order valence-corrected chi connectivity index (χ1v) is 31.6. The summed E-state index contributed by atoms with van der Waals surface area (Å²) >= 11 is 0. The lowest BCUT2D eigenvalue weighted by Gasteiger charge is -2.18. The van der Waals surface area contributed by atoms with Crippen molar-refractivity contribution in [1.82, 2.24) is 0 Å². The highest BCUT2D eigenvalue weighted by Crippen LogP contribution is 2.16. The van der Waals surface area contributed by atoms with Crippen molar-refractivity contribution in [3.63, 3.8) is 0 Å². The van der Waals surface area contributed by atoms with Crippen LogP contribution >= 0.6 is 0 Å². The average molecular weight is 1030 g/mol. The number of esters is 3. The summed E-state index contributed by atoms with van der Waals surface area (Å²) in [5.41, 5.74) is 0. The van der Waals surface area contributed by atoms with E-state index in [2.05, 4.69) is 106 Å². The van der Waals surface area contributed by atoms with Gasteiger partial charge in [-0.15, -0.1) is 0 Å². The van der Waals surface area contributed by atoms with Gasteiger partial charge in [0.05, 0.1) is 0 Å². The van der Waals surface area contributed by atoms with E-state index in [-0.39, 0.29) is 31.1 Å². The van der Waals surface area contributed by atoms with Gasteiger partial charge in [-0.25, -0.2) is 0 Å². The van der Waals surface area contributed by atoms with Crippen LogP contribution in [0.5, 0.6) is 0 Å². The Bertz CT molecular complexity index is 1420. The Morgan fingerprint density at radius 2 is 0.527 bits per heavy atom. The molecule has 0 bridgehead atoms. The Balaban J connectivity index is 4.10. The Morgan fingerprint density at radius 1 is 0.284 bits per heavy atom. The number of rotatable bonds is 57. The number of hydrogen-bond donors (Lipinski definition) is 0. The smallest absolute Gasteiger partial charge is 0.306 e. The Morgan fingerprint density at radius 3 is 0.851 bits per heavy atom. The van der Waals surface area contributed by atoms with Crippen LogP contribution in [0.2, 0.25) is 0 Å². The number of unbranched alkanes of at least 4 members (excludes halogenated alkanes) is 32. The molecule has 0 heterocycles. The highest BCUT2D eigenvalue weighted by atomic mass is 16.6. The number of hydrogen-bond acceptors (Lipinski definition) is 6. The minimum atomic E-state index is -0.777. The number of ether oxygens (including phenoxy) is 3. The Hall–Kier alpha value is -3.41. The predicted molar refractivity (Wildman–Crippen MR) is 321 cm³/mol. The molecule has 0 amide bonds. The molecule has 0 radical (unpaired) electrons. The van der Waals surface area contributed by atoms with Crippen molar-refractivity contribution in [2.45, 2.75) is 316 Å². The minimum Gasteiger partial charge on any atom is -0.462 e. The van der Waals surface area contributed by atoms with Crippen molar-refractivity contribution in [2.24, 2.45) is 0 Å². The summed E-state index contributed by atoms with van der Waals surface area (Å²) in [4.78, 5) is 38.1. The van der Waals surface area contributed by atoms with Crippen molar-refractivity contribution in [3.05, 3.63) is 85.1 Å². The molecule has 0 saturated heterocycles. The Kier molecular flexibility index (Phi) is 59.3. The quantitative estimate of drug-likeness (QED) is 0.0261. The fraction of sp³-hybridized carbons (Fsp3) is 0.750. The SMILES string of the molecule is CC/C=C\C/C=C\C/C=C\C/C=C\C/C=C\CCCCCCCCCCCCCCCCCC(=O)OCC(COC(=O)CCCCCCCCCC)OC(=O)CCCCCCCCC/C=C\C/C=C\CCCCC. The van der Waals surface area contributed by atoms with Crippen molar-refractivity contribution in [2.75, 3.05) is 13.2 Å². The van der Waals surface area contributed by atoms with Gasteiger partial charge in [0, 0.05) is 19.3 Å². The highest BCUT2D eigenvalue weighted by Gasteiger charge is 2.19. The molecule has 0 aromatic carbocycles. The van der Waals surface area contributed by atoms with Gasteiger partial charge in [-0.1, -0.05) is 279 Å². The van der Waals surface area contributed by atoms with Gasteiger partial charge in [0.1, 0.15) is 13.2 Å². The van der Waals surface area contributed by atoms with Gasteiger partial charge in [0.25, 0.3) is 0 Å². The summed E-state index contributed by atoms with van der Waals surface area (Å²) in [6.45, 7) is 6.49. The molecule has 0 fully saturated rings. The van der Waals surface area contributed by atoms with Gasteiger partial charge in [0.2, 0.25) is 0 Å². The summed E-state index contributed by atoms with van der Waals surface area (Å²) in [7, 11) is 0. The maximum Gasteiger partial charge on any atom is 0.306 e. The second kappa shape index (κ2) is 62.1. The van der Waals surface area contributed by atoms with Crippen LogP contribution < -0.4 is 0 Å². The minimum absolute atomic E-state index is 0.0761. The van der Waals surface area contributed by atoms with Crippen LogP contribution in [-0.4, -0.2) is 37.2 Å². The van der Waals surface area contributed by atoms with Gasteiger partial charge < -0.3 is 14.2 Å². The largest absolute Gasteiger partial charge is 0.462 e. The van der Waals surface area contributed by atoms with Gasteiger partial charge in [0.15, 0.2) is 6.10 Å². The monoisotopic (exact) mass is 1030 g/mol. The fourth-order valence-electron chi connectivity index (χ4n) is 8.91. The van der Waals surface area contributed by atoms with E-state index in [1.54, 1.807) is 0 Å². The second-order valence-corrected chi connectivity index (χ2v) is 20.9. The summed E-state index contributed by atoms with van der Waals surface area (Å²) in [5.74, 6) is -0.878. The summed E-state index contributed by atoms with van der Waals surface area (Å²) in [5, 5.41) is 0. The molecule has 0 aromatic rings. The van der Waals surface area contributed by atoms with Crippen molar-refractivity contribution in [1.29, 1.82) is 0 Å². The molecule has 0 spiro atoms. The first-order chi connectivity index (χ1) is 36.5. The van der Waals surface area contributed by atoms with Crippen molar-refractivity contribution < 1.29 is 28.6 Å². The van der Waals surface area contributed by atoms with E-state index in [0.717, 1.165) is 103 Å². The standard InChI is InChI=1S/C68H118O6/c1-4-7-10-13-16-19-21-23-25-27-28-29-30-31-32-33-34-35-36-37-38-39-40-42-43-45-47-49-52-55-58-61-67(70)73-64-65(63-72-66(69)60-57-54-51-18-15-12-9-6-3)74-68(71)62-59-56-53-50-48-46-44-41-26-24-22-20-17-14-11-8-5-2/h7,10,16-17,19-20,23-26,28-29,31-32,65H,4-6,8-9,11-15,18,21-22,27,30,33-64H2,1-3H3/b10-7-,19-16-,20-17-,25-23-,26-24-,29-28-,32-31-. The molecule has 1 unspecified atom stereocenters. The van der Waals surface area contributed by atoms with Crippen LogP contribution in [0, 0.1) is 0 Å². The molecule has 0 aromatic heterocycles. The molecule has 0 saturated carbocycles. The normalized spacial score (nSPS) is 12.6. The van der Waals surface area contributed by atoms with Crippen molar-refractivity contribution >= 4 is 17.9 Å². The van der Waals surface area contributed by atoms with Crippen LogP contribution in [0.4, 0.5) is 0 Å². The average Bonchev–Trinajstić information content (AvgIpc) is 3.40. The number of carbonyl (C=O) groups excluding carboxylic acids is 3. The van der Waals surface area contributed by atoms with Gasteiger partial charge >= 0.3 is 17.9 Å². The summed E-state index contributed by atoms with van der Waals surface area (Å²) < 4.78 is 16.8. The van der Waals surface area contributed by atoms with E-state index in [1.807, 2.05) is 0 Å². The van der Waals surface area contributed by atoms with Crippen LogP contribution in [0.1, 0.15) is 310 Å². The third kappa shape index (κ3) is 59.5. The van der Waals surface area contributed by atoms with Gasteiger partial charge in [-0.2, -0.15) is 0 Å². The molecule has 0 aliphatic rings. The van der Waals surface area contributed by atoms with E-state index in [9.17, 15) is 14.4 Å². The van der Waals surface area contributed by atoms with E-state index in [1.165, 1.54) is 167 Å². The zero-order chi connectivity index (χ0) is 53.6. The van der Waals surface area contributed by atoms with Gasteiger partial charge in [-0.05, 0) is 96.3 Å². The fourth-order valence-corrected chi connectivity index (χ4v) is 8.91. The van der Waals surface area contributed by atoms with E-state index in [0.29, 0.717) is 19.3 Å². The molecule has 74 heavy (non-hydrogen) atoms. The molecular weight excluding hydrogens is 913 g/mol. The first-order valence-electron chi connectivity index (χ1n) is 31.6. The first kappa shape index (κ1) is 70.6. The third-order valence-corrected chi connectivity index (χ3v) is 13.6. The van der Waals surface area contributed by atoms with Gasteiger partial charge in [-0.3, -0.25) is 14.4 Å². The Labute approximate surface area is 458 Å². The summed E-state index contributed by atoms with van der Waals surface area (Å²) in [6.07, 6.45) is 81.8. The zero-order valence-corrected chi connectivity index (χ0v) is 48.8. The molecule has 6 nitrogen and oxygen atoms in total.